The number of aromatic nitrogens is 2. The molecule has 1 aliphatic heterocycles. The van der Waals surface area contributed by atoms with Gasteiger partial charge in [-0.25, -0.2) is 0 Å². The zero-order valence-corrected chi connectivity index (χ0v) is 10.6. The van der Waals surface area contributed by atoms with E-state index in [9.17, 15) is 0 Å². The zero-order valence-electron chi connectivity index (χ0n) is 10.6. The lowest BCUT2D eigenvalue weighted by Gasteiger charge is -2.30. The van der Waals surface area contributed by atoms with E-state index in [1.807, 2.05) is 24.0 Å². The van der Waals surface area contributed by atoms with Crippen molar-refractivity contribution in [1.29, 1.82) is 0 Å². The Bertz CT molecular complexity index is 559. The lowest BCUT2D eigenvalue weighted by molar-refractivity contribution is 0.668. The summed E-state index contributed by atoms with van der Waals surface area (Å²) < 4.78 is 1.85. The van der Waals surface area contributed by atoms with Crippen LogP contribution in [0.15, 0.2) is 30.5 Å². The van der Waals surface area contributed by atoms with Crippen molar-refractivity contribution in [3.63, 3.8) is 0 Å². The minimum Gasteiger partial charge on any atom is -0.399 e. The molecule has 0 radical (unpaired) electrons. The highest BCUT2D eigenvalue weighted by Crippen LogP contribution is 2.29. The maximum absolute atomic E-state index is 5.85. The number of nitrogen functional groups attached to an aromatic ring is 1. The molecule has 1 aromatic carbocycles. The molecule has 0 fully saturated rings. The fourth-order valence-electron chi connectivity index (χ4n) is 2.60. The van der Waals surface area contributed by atoms with E-state index in [2.05, 4.69) is 28.2 Å². The summed E-state index contributed by atoms with van der Waals surface area (Å²) in [6.07, 6.45) is 4.30. The summed E-state index contributed by atoms with van der Waals surface area (Å²) in [5.41, 5.74) is 10.5. The Morgan fingerprint density at radius 3 is 3.00 bits per heavy atom. The predicted molar refractivity (Wildman–Crippen MR) is 73.4 cm³/mol. The third-order valence-electron chi connectivity index (χ3n) is 3.44. The van der Waals surface area contributed by atoms with Gasteiger partial charge in [-0.2, -0.15) is 5.10 Å². The molecular weight excluding hydrogens is 224 g/mol. The first-order valence-corrected chi connectivity index (χ1v) is 6.34. The van der Waals surface area contributed by atoms with Crippen molar-refractivity contribution in [3.05, 3.63) is 41.7 Å². The van der Waals surface area contributed by atoms with Gasteiger partial charge >= 0.3 is 0 Å². The molecule has 0 amide bonds. The number of nitrogens with two attached hydrogens (primary N) is 1. The maximum atomic E-state index is 5.85. The summed E-state index contributed by atoms with van der Waals surface area (Å²) in [4.78, 5) is 2.39. The van der Waals surface area contributed by atoms with Crippen LogP contribution in [-0.2, 0) is 20.0 Å². The molecule has 0 aliphatic carbocycles. The van der Waals surface area contributed by atoms with E-state index >= 15 is 0 Å². The second-order valence-corrected chi connectivity index (χ2v) is 4.89. The molecule has 0 saturated carbocycles. The molecule has 2 aromatic rings. The highest BCUT2D eigenvalue weighted by atomic mass is 15.3. The van der Waals surface area contributed by atoms with E-state index in [4.69, 9.17) is 5.73 Å². The summed E-state index contributed by atoms with van der Waals surface area (Å²) in [5, 5.41) is 4.45. The van der Waals surface area contributed by atoms with Crippen LogP contribution in [0, 0.1) is 0 Å². The largest absolute Gasteiger partial charge is 0.399 e. The van der Waals surface area contributed by atoms with Crippen molar-refractivity contribution in [2.24, 2.45) is 7.05 Å². The average Bonchev–Trinajstić information content (AvgIpc) is 2.75. The lowest BCUT2D eigenvalue weighted by atomic mass is 10.0. The molecule has 0 unspecified atom stereocenters. The van der Waals surface area contributed by atoms with E-state index in [1.165, 1.54) is 17.7 Å². The van der Waals surface area contributed by atoms with Crippen molar-refractivity contribution in [2.45, 2.75) is 19.4 Å². The van der Waals surface area contributed by atoms with Crippen molar-refractivity contribution in [2.75, 3.05) is 17.2 Å². The molecule has 0 atom stereocenters. The number of hydrogen-bond acceptors (Lipinski definition) is 3. The molecule has 94 valence electrons. The van der Waals surface area contributed by atoms with Crippen LogP contribution in [0.4, 0.5) is 11.4 Å². The number of rotatable bonds is 2. The second kappa shape index (κ2) is 4.37. The van der Waals surface area contributed by atoms with Crippen molar-refractivity contribution in [3.8, 4) is 0 Å². The number of aryl methyl sites for hydroxylation is 2. The molecule has 4 nitrogen and oxygen atoms in total. The van der Waals surface area contributed by atoms with Gasteiger partial charge in [0, 0.05) is 31.2 Å². The standard InChI is InChI=1S/C14H18N4/c1-17-8-6-13(16-17)10-18-7-2-3-11-9-12(15)4-5-14(11)18/h4-6,8-9H,2-3,7,10,15H2,1H3. The van der Waals surface area contributed by atoms with Crippen LogP contribution in [0.3, 0.4) is 0 Å². The van der Waals surface area contributed by atoms with Crippen molar-refractivity contribution < 1.29 is 0 Å². The van der Waals surface area contributed by atoms with E-state index in [1.54, 1.807) is 0 Å². The number of benzene rings is 1. The highest BCUT2D eigenvalue weighted by molar-refractivity contribution is 5.61. The lowest BCUT2D eigenvalue weighted by Crippen LogP contribution is -2.29. The normalized spacial score (nSPS) is 14.6. The van der Waals surface area contributed by atoms with Crippen LogP contribution in [0.5, 0.6) is 0 Å². The van der Waals surface area contributed by atoms with Gasteiger partial charge < -0.3 is 10.6 Å². The topological polar surface area (TPSA) is 47.1 Å². The fourth-order valence-corrected chi connectivity index (χ4v) is 2.60. The number of anilines is 2. The number of nitrogens with zero attached hydrogens (tertiary/aromatic N) is 3. The first-order valence-electron chi connectivity index (χ1n) is 6.34. The van der Waals surface area contributed by atoms with Crippen molar-refractivity contribution in [1.82, 2.24) is 9.78 Å². The van der Waals surface area contributed by atoms with Gasteiger partial charge in [0.05, 0.1) is 12.2 Å². The van der Waals surface area contributed by atoms with E-state index in [0.29, 0.717) is 0 Å². The SMILES string of the molecule is Cn1ccc(CN2CCCc3cc(N)ccc32)n1. The van der Waals surface area contributed by atoms with E-state index < -0.39 is 0 Å². The van der Waals surface area contributed by atoms with Crippen LogP contribution < -0.4 is 10.6 Å². The van der Waals surface area contributed by atoms with E-state index in [-0.39, 0.29) is 0 Å². The van der Waals surface area contributed by atoms with Gasteiger partial charge in [0.1, 0.15) is 0 Å². The molecule has 0 bridgehead atoms. The Morgan fingerprint density at radius 1 is 1.33 bits per heavy atom. The Balaban J connectivity index is 1.87. The molecule has 1 aromatic heterocycles. The van der Waals surface area contributed by atoms with Gasteiger partial charge in [0.15, 0.2) is 0 Å². The summed E-state index contributed by atoms with van der Waals surface area (Å²) in [6, 6.07) is 8.29. The van der Waals surface area contributed by atoms with Gasteiger partial charge in [-0.1, -0.05) is 0 Å². The van der Waals surface area contributed by atoms with Gasteiger partial charge in [0.25, 0.3) is 0 Å². The predicted octanol–water partition coefficient (Wildman–Crippen LogP) is 1.96. The van der Waals surface area contributed by atoms with Gasteiger partial charge in [0.2, 0.25) is 0 Å². The van der Waals surface area contributed by atoms with Gasteiger partial charge in [-0.15, -0.1) is 0 Å². The smallest absolute Gasteiger partial charge is 0.0817 e. The summed E-state index contributed by atoms with van der Waals surface area (Å²) in [6.45, 7) is 1.96. The Kier molecular flexibility index (Phi) is 2.70. The number of fused-ring (bicyclic) bond motifs is 1. The molecule has 4 heteroatoms. The molecule has 0 saturated heterocycles. The highest BCUT2D eigenvalue weighted by Gasteiger charge is 2.17. The number of hydrogen-bond donors (Lipinski definition) is 1. The zero-order chi connectivity index (χ0) is 12.5. The molecule has 3 rings (SSSR count). The molecule has 2 N–H and O–H groups in total. The molecule has 1 aliphatic rings. The second-order valence-electron chi connectivity index (χ2n) is 4.89. The van der Waals surface area contributed by atoms with Crippen LogP contribution >= 0.6 is 0 Å². The Labute approximate surface area is 107 Å². The Hall–Kier alpha value is -1.97. The maximum Gasteiger partial charge on any atom is 0.0817 e. The van der Waals surface area contributed by atoms with Crippen molar-refractivity contribution >= 4 is 11.4 Å². The minimum atomic E-state index is 0.855. The third kappa shape index (κ3) is 2.06. The van der Waals surface area contributed by atoms with Gasteiger partial charge in [-0.3, -0.25) is 4.68 Å². The first-order chi connectivity index (χ1) is 8.72. The minimum absolute atomic E-state index is 0.855. The van der Waals surface area contributed by atoms with Crippen LogP contribution in [-0.4, -0.2) is 16.3 Å². The Morgan fingerprint density at radius 2 is 2.22 bits per heavy atom. The van der Waals surface area contributed by atoms with E-state index in [0.717, 1.165) is 30.9 Å². The molecule has 0 spiro atoms. The fraction of sp³-hybridized carbons (Fsp3) is 0.357. The third-order valence-corrected chi connectivity index (χ3v) is 3.44. The first kappa shape index (κ1) is 11.1. The average molecular weight is 242 g/mol. The van der Waals surface area contributed by atoms with Crippen LogP contribution in [0.1, 0.15) is 17.7 Å². The summed E-state index contributed by atoms with van der Waals surface area (Å²) in [5.74, 6) is 0. The summed E-state index contributed by atoms with van der Waals surface area (Å²) in [7, 11) is 1.95. The monoisotopic (exact) mass is 242 g/mol. The van der Waals surface area contributed by atoms with Crippen LogP contribution in [0.25, 0.3) is 0 Å². The molecule has 18 heavy (non-hydrogen) atoms. The summed E-state index contributed by atoms with van der Waals surface area (Å²) >= 11 is 0. The van der Waals surface area contributed by atoms with Crippen LogP contribution in [0.2, 0.25) is 0 Å². The van der Waals surface area contributed by atoms with Gasteiger partial charge in [-0.05, 0) is 42.7 Å². The molecular formula is C14H18N4. The quantitative estimate of drug-likeness (QED) is 0.819. The molecule has 2 heterocycles.